The number of nitrogens with zero attached hydrogens (tertiary/aromatic N) is 6. The smallest absolute Gasteiger partial charge is 0.295 e. The fraction of sp³-hybridized carbons (Fsp3) is 0.250. The van der Waals surface area contributed by atoms with Crippen molar-refractivity contribution in [3.8, 4) is 28.6 Å². The fourth-order valence-electron chi connectivity index (χ4n) is 2.86. The van der Waals surface area contributed by atoms with Crippen molar-refractivity contribution >= 4 is 11.7 Å². The second kappa shape index (κ2) is 9.11. The lowest BCUT2D eigenvalue weighted by Crippen LogP contribution is -2.26. The van der Waals surface area contributed by atoms with Crippen LogP contribution in [0.4, 0.5) is 10.2 Å². The van der Waals surface area contributed by atoms with Crippen molar-refractivity contribution in [2.75, 3.05) is 26.0 Å². The van der Waals surface area contributed by atoms with Crippen molar-refractivity contribution < 1.29 is 14.0 Å². The summed E-state index contributed by atoms with van der Waals surface area (Å²) in [5.74, 6) is 0.00428. The number of carbonyl (C=O) groups excluding carboxylic acids is 1. The SMILES string of the molecule is CON(C)C(=O)c1cc(-c2ccc(F)cc2-c2nncn2C)cc(NCCC#N)n1. The Labute approximate surface area is 172 Å². The highest BCUT2D eigenvalue weighted by atomic mass is 19.1. The third-order valence-electron chi connectivity index (χ3n) is 4.39. The number of hydrogen-bond acceptors (Lipinski definition) is 7. The van der Waals surface area contributed by atoms with Gasteiger partial charge >= 0.3 is 0 Å². The Bertz CT molecular complexity index is 1110. The van der Waals surface area contributed by atoms with Gasteiger partial charge in [-0.1, -0.05) is 6.07 Å². The maximum absolute atomic E-state index is 14.0. The Balaban J connectivity index is 2.15. The van der Waals surface area contributed by atoms with Gasteiger partial charge in [-0.05, 0) is 35.4 Å². The van der Waals surface area contributed by atoms with Gasteiger partial charge in [0.05, 0.1) is 19.6 Å². The fourth-order valence-corrected chi connectivity index (χ4v) is 2.86. The zero-order valence-corrected chi connectivity index (χ0v) is 16.8. The molecule has 30 heavy (non-hydrogen) atoms. The number of nitriles is 1. The first-order chi connectivity index (χ1) is 14.4. The predicted molar refractivity (Wildman–Crippen MR) is 107 cm³/mol. The van der Waals surface area contributed by atoms with Crippen LogP contribution >= 0.6 is 0 Å². The second-order valence-corrected chi connectivity index (χ2v) is 6.40. The van der Waals surface area contributed by atoms with Crippen LogP contribution in [0.3, 0.4) is 0 Å². The highest BCUT2D eigenvalue weighted by Crippen LogP contribution is 2.33. The molecule has 0 spiro atoms. The summed E-state index contributed by atoms with van der Waals surface area (Å²) in [5, 5.41) is 20.8. The van der Waals surface area contributed by atoms with Crippen LogP contribution in [0.5, 0.6) is 0 Å². The zero-order valence-electron chi connectivity index (χ0n) is 16.8. The van der Waals surface area contributed by atoms with Crippen molar-refractivity contribution in [2.24, 2.45) is 7.05 Å². The summed E-state index contributed by atoms with van der Waals surface area (Å²) in [4.78, 5) is 21.9. The molecule has 0 saturated carbocycles. The molecular weight excluding hydrogens is 389 g/mol. The molecule has 154 valence electrons. The van der Waals surface area contributed by atoms with E-state index in [0.29, 0.717) is 34.9 Å². The van der Waals surface area contributed by atoms with Crippen molar-refractivity contribution in [3.63, 3.8) is 0 Å². The summed E-state index contributed by atoms with van der Waals surface area (Å²) >= 11 is 0. The van der Waals surface area contributed by atoms with Gasteiger partial charge < -0.3 is 9.88 Å². The van der Waals surface area contributed by atoms with Gasteiger partial charge in [0.25, 0.3) is 5.91 Å². The van der Waals surface area contributed by atoms with Gasteiger partial charge in [0, 0.05) is 26.2 Å². The first-order valence-electron chi connectivity index (χ1n) is 9.04. The van der Waals surface area contributed by atoms with Crippen LogP contribution in [0.25, 0.3) is 22.5 Å². The minimum atomic E-state index is -0.454. The molecule has 3 rings (SSSR count). The Morgan fingerprint density at radius 1 is 1.33 bits per heavy atom. The molecule has 1 amide bonds. The van der Waals surface area contributed by atoms with Gasteiger partial charge in [0.1, 0.15) is 23.7 Å². The summed E-state index contributed by atoms with van der Waals surface area (Å²) in [7, 11) is 4.61. The van der Waals surface area contributed by atoms with Gasteiger partial charge in [0.2, 0.25) is 0 Å². The molecule has 0 aliphatic rings. The highest BCUT2D eigenvalue weighted by molar-refractivity contribution is 5.94. The predicted octanol–water partition coefficient (Wildman–Crippen LogP) is 2.64. The van der Waals surface area contributed by atoms with E-state index in [1.807, 2.05) is 6.07 Å². The van der Waals surface area contributed by atoms with E-state index < -0.39 is 11.7 Å². The van der Waals surface area contributed by atoms with Gasteiger partial charge in [-0.15, -0.1) is 10.2 Å². The van der Waals surface area contributed by atoms with Crippen LogP contribution < -0.4 is 5.32 Å². The zero-order chi connectivity index (χ0) is 21.7. The van der Waals surface area contributed by atoms with Crippen molar-refractivity contribution in [1.82, 2.24) is 24.8 Å². The van der Waals surface area contributed by atoms with Gasteiger partial charge in [0.15, 0.2) is 5.82 Å². The molecule has 3 aromatic rings. The Morgan fingerprint density at radius 3 is 2.80 bits per heavy atom. The average Bonchev–Trinajstić information content (AvgIpc) is 3.18. The monoisotopic (exact) mass is 409 g/mol. The lowest BCUT2D eigenvalue weighted by Gasteiger charge is -2.16. The number of pyridine rings is 1. The molecule has 1 aromatic carbocycles. The highest BCUT2D eigenvalue weighted by Gasteiger charge is 2.19. The molecule has 0 aliphatic heterocycles. The van der Waals surface area contributed by atoms with Crippen molar-refractivity contribution in [1.29, 1.82) is 5.26 Å². The minimum absolute atomic E-state index is 0.129. The number of nitrogens with one attached hydrogen (secondary N) is 1. The molecule has 0 saturated heterocycles. The van der Waals surface area contributed by atoms with E-state index in [0.717, 1.165) is 5.06 Å². The first kappa shape index (κ1) is 20.9. The number of hydroxylamine groups is 2. The number of rotatable bonds is 7. The van der Waals surface area contributed by atoms with E-state index >= 15 is 0 Å². The van der Waals surface area contributed by atoms with Crippen LogP contribution in [0, 0.1) is 17.1 Å². The van der Waals surface area contributed by atoms with E-state index in [2.05, 4.69) is 20.5 Å². The second-order valence-electron chi connectivity index (χ2n) is 6.40. The largest absolute Gasteiger partial charge is 0.369 e. The maximum atomic E-state index is 14.0. The maximum Gasteiger partial charge on any atom is 0.295 e. The molecule has 0 unspecified atom stereocenters. The number of halogens is 1. The number of hydrogen-bond donors (Lipinski definition) is 1. The average molecular weight is 409 g/mol. The first-order valence-corrected chi connectivity index (χ1v) is 9.04. The van der Waals surface area contributed by atoms with E-state index in [4.69, 9.17) is 10.1 Å². The molecule has 1 N–H and O–H groups in total. The lowest BCUT2D eigenvalue weighted by atomic mass is 9.98. The van der Waals surface area contributed by atoms with Crippen LogP contribution in [0.1, 0.15) is 16.9 Å². The van der Waals surface area contributed by atoms with E-state index in [9.17, 15) is 9.18 Å². The van der Waals surface area contributed by atoms with Crippen LogP contribution in [-0.2, 0) is 11.9 Å². The summed E-state index contributed by atoms with van der Waals surface area (Å²) in [6, 6.07) is 9.69. The number of anilines is 1. The summed E-state index contributed by atoms with van der Waals surface area (Å²) in [5.41, 5.74) is 1.91. The lowest BCUT2D eigenvalue weighted by molar-refractivity contribution is -0.0760. The molecular formula is C20H20FN7O2. The van der Waals surface area contributed by atoms with Crippen molar-refractivity contribution in [3.05, 3.63) is 48.2 Å². The van der Waals surface area contributed by atoms with Gasteiger partial charge in [-0.25, -0.2) is 14.4 Å². The summed E-state index contributed by atoms with van der Waals surface area (Å²) in [6.45, 7) is 0.361. The number of aryl methyl sites for hydroxylation is 1. The number of benzene rings is 1. The van der Waals surface area contributed by atoms with E-state index in [1.165, 1.54) is 32.6 Å². The summed E-state index contributed by atoms with van der Waals surface area (Å²) in [6.07, 6.45) is 1.79. The Hall–Kier alpha value is -3.84. The number of aromatic nitrogens is 4. The molecule has 0 bridgehead atoms. The molecule has 0 radical (unpaired) electrons. The summed E-state index contributed by atoms with van der Waals surface area (Å²) < 4.78 is 15.7. The molecule has 2 aromatic heterocycles. The Kier molecular flexibility index (Phi) is 6.34. The van der Waals surface area contributed by atoms with Crippen molar-refractivity contribution in [2.45, 2.75) is 6.42 Å². The van der Waals surface area contributed by atoms with Crippen LogP contribution in [-0.4, -0.2) is 51.4 Å². The van der Waals surface area contributed by atoms with E-state index in [1.54, 1.807) is 29.8 Å². The third-order valence-corrected chi connectivity index (χ3v) is 4.39. The minimum Gasteiger partial charge on any atom is -0.369 e. The quantitative estimate of drug-likeness (QED) is 0.472. The number of amides is 1. The normalized spacial score (nSPS) is 10.5. The Morgan fingerprint density at radius 2 is 2.13 bits per heavy atom. The molecule has 0 atom stereocenters. The third kappa shape index (κ3) is 4.42. The molecule has 0 aliphatic carbocycles. The van der Waals surface area contributed by atoms with E-state index in [-0.39, 0.29) is 12.1 Å². The molecule has 2 heterocycles. The van der Waals surface area contributed by atoms with Gasteiger partial charge in [-0.2, -0.15) is 5.26 Å². The molecule has 10 heteroatoms. The van der Waals surface area contributed by atoms with Crippen LogP contribution in [0.15, 0.2) is 36.7 Å². The molecule has 0 fully saturated rings. The standard InChI is InChI=1S/C20H20FN7O2/c1-27-12-24-26-19(27)16-11-14(21)5-6-15(16)13-9-17(20(29)28(2)30-3)25-18(10-13)23-8-4-7-22/h5-6,9-12H,4,8H2,1-3H3,(H,23,25). The molecule has 9 nitrogen and oxygen atoms in total. The van der Waals surface area contributed by atoms with Crippen LogP contribution in [0.2, 0.25) is 0 Å². The topological polar surface area (TPSA) is 109 Å². The number of carbonyl (C=O) groups is 1. The van der Waals surface area contributed by atoms with Gasteiger partial charge in [-0.3, -0.25) is 9.63 Å².